The lowest BCUT2D eigenvalue weighted by Gasteiger charge is -2.35. The van der Waals surface area contributed by atoms with Gasteiger partial charge in [-0.2, -0.15) is 17.9 Å². The molecule has 1 saturated heterocycles. The zero-order valence-electron chi connectivity index (χ0n) is 18.1. The van der Waals surface area contributed by atoms with Crippen molar-refractivity contribution in [2.45, 2.75) is 26.7 Å². The van der Waals surface area contributed by atoms with Crippen LogP contribution in [0.5, 0.6) is 5.75 Å². The lowest BCUT2D eigenvalue weighted by Crippen LogP contribution is -2.47. The highest BCUT2D eigenvalue weighted by atomic mass is 79.9. The van der Waals surface area contributed by atoms with Crippen molar-refractivity contribution in [2.75, 3.05) is 45.9 Å². The van der Waals surface area contributed by atoms with Crippen LogP contribution in [0.25, 0.3) is 0 Å². The van der Waals surface area contributed by atoms with Gasteiger partial charge >= 0.3 is 0 Å². The lowest BCUT2D eigenvalue weighted by molar-refractivity contribution is 0.113. The minimum absolute atomic E-state index is 0.286. The molecule has 1 aromatic carbocycles. The molecule has 2 rings (SSSR count). The Kier molecular flexibility index (Phi) is 11.0. The first-order valence-corrected chi connectivity index (χ1v) is 12.0. The molecule has 0 bridgehead atoms. The number of halogens is 1. The van der Waals surface area contributed by atoms with Crippen molar-refractivity contribution in [3.63, 3.8) is 0 Å². The second-order valence-electron chi connectivity index (χ2n) is 8.10. The van der Waals surface area contributed by atoms with Crippen molar-refractivity contribution in [1.82, 2.24) is 9.80 Å². The second-order valence-corrected chi connectivity index (χ2v) is 9.31. The molecule has 1 unspecified atom stereocenters. The molecule has 1 aromatic rings. The van der Waals surface area contributed by atoms with Crippen LogP contribution in [0.2, 0.25) is 0 Å². The van der Waals surface area contributed by atoms with E-state index in [1.54, 1.807) is 5.41 Å². The summed E-state index contributed by atoms with van der Waals surface area (Å²) in [4.78, 5) is 4.99. The molecule has 0 aromatic heterocycles. The molecule has 1 atom stereocenters. The Bertz CT molecular complexity index is 738. The van der Waals surface area contributed by atoms with Gasteiger partial charge in [0.05, 0.1) is 11.5 Å². The summed E-state index contributed by atoms with van der Waals surface area (Å²) >= 11 is 7.56. The summed E-state index contributed by atoms with van der Waals surface area (Å²) in [7, 11) is 0. The lowest BCUT2D eigenvalue weighted by atomic mass is 9.74. The van der Waals surface area contributed by atoms with Crippen LogP contribution < -0.4 is 4.74 Å². The summed E-state index contributed by atoms with van der Waals surface area (Å²) in [6, 6.07) is 10.6. The number of piperazine rings is 1. The number of allylic oxidation sites excluding steroid dienone is 3. The van der Waals surface area contributed by atoms with Gasteiger partial charge in [-0.3, -0.25) is 4.90 Å². The van der Waals surface area contributed by atoms with Gasteiger partial charge in [-0.25, -0.2) is 0 Å². The van der Waals surface area contributed by atoms with Gasteiger partial charge in [-0.05, 0) is 48.9 Å². The minimum atomic E-state index is -0.404. The summed E-state index contributed by atoms with van der Waals surface area (Å²) in [6.45, 7) is 11.3. The van der Waals surface area contributed by atoms with Crippen molar-refractivity contribution >= 4 is 28.6 Å². The SMILES string of the molecule is CC(C)C(C#N)(/C=C/C=C\S)CCCN1CCN(CCOc2cccc(Br)c2)CC1. The number of hydrogen-bond donors (Lipinski definition) is 1. The predicted molar refractivity (Wildman–Crippen MR) is 132 cm³/mol. The Hall–Kier alpha value is -1.26. The van der Waals surface area contributed by atoms with Crippen LogP contribution in [0.3, 0.4) is 0 Å². The van der Waals surface area contributed by atoms with E-state index in [0.29, 0.717) is 6.61 Å². The zero-order chi connectivity index (χ0) is 21.8. The van der Waals surface area contributed by atoms with Crippen LogP contribution in [-0.2, 0) is 0 Å². The molecule has 30 heavy (non-hydrogen) atoms. The smallest absolute Gasteiger partial charge is 0.120 e. The molecule has 164 valence electrons. The summed E-state index contributed by atoms with van der Waals surface area (Å²) < 4.78 is 6.90. The third kappa shape index (κ3) is 8.11. The number of nitrogens with zero attached hydrogens (tertiary/aromatic N) is 3. The van der Waals surface area contributed by atoms with Gasteiger partial charge in [0.15, 0.2) is 0 Å². The molecule has 0 amide bonds. The maximum Gasteiger partial charge on any atom is 0.120 e. The molecule has 0 N–H and O–H groups in total. The van der Waals surface area contributed by atoms with Crippen molar-refractivity contribution in [1.29, 1.82) is 5.26 Å². The van der Waals surface area contributed by atoms with E-state index in [1.807, 2.05) is 42.5 Å². The third-order valence-electron chi connectivity index (χ3n) is 5.83. The van der Waals surface area contributed by atoms with Gasteiger partial charge in [0, 0.05) is 37.2 Å². The van der Waals surface area contributed by atoms with Gasteiger partial charge in [0.1, 0.15) is 12.4 Å². The normalized spacial score (nSPS) is 18.1. The van der Waals surface area contributed by atoms with Crippen molar-refractivity contribution in [2.24, 2.45) is 11.3 Å². The van der Waals surface area contributed by atoms with Crippen molar-refractivity contribution < 1.29 is 4.74 Å². The fraction of sp³-hybridized carbons (Fsp3) is 0.542. The van der Waals surface area contributed by atoms with E-state index in [-0.39, 0.29) is 5.92 Å². The molecular formula is C24H34BrN3OS. The average Bonchev–Trinajstić information content (AvgIpc) is 2.74. The van der Waals surface area contributed by atoms with Gasteiger partial charge in [0.25, 0.3) is 0 Å². The van der Waals surface area contributed by atoms with E-state index in [9.17, 15) is 5.26 Å². The van der Waals surface area contributed by atoms with Gasteiger partial charge in [0.2, 0.25) is 0 Å². The number of rotatable bonds is 11. The van der Waals surface area contributed by atoms with Crippen molar-refractivity contribution in [3.8, 4) is 11.8 Å². The first-order chi connectivity index (χ1) is 14.5. The molecule has 0 saturated carbocycles. The van der Waals surface area contributed by atoms with E-state index >= 15 is 0 Å². The van der Waals surface area contributed by atoms with Gasteiger partial charge in [-0.1, -0.05) is 54.1 Å². The third-order valence-corrected chi connectivity index (χ3v) is 6.50. The van der Waals surface area contributed by atoms with Crippen LogP contribution in [0, 0.1) is 22.7 Å². The minimum Gasteiger partial charge on any atom is -0.492 e. The summed E-state index contributed by atoms with van der Waals surface area (Å²) in [5.41, 5.74) is -0.404. The number of nitriles is 1. The monoisotopic (exact) mass is 491 g/mol. The Morgan fingerprint density at radius 3 is 2.50 bits per heavy atom. The molecule has 4 nitrogen and oxygen atoms in total. The van der Waals surface area contributed by atoms with Crippen LogP contribution in [0.4, 0.5) is 0 Å². The Balaban J connectivity index is 1.69. The summed E-state index contributed by atoms with van der Waals surface area (Å²) in [5, 5.41) is 11.5. The standard InChI is InChI=1S/C24H34BrN3OS/c1-21(2)24(20-26,9-3-4-18-30)10-6-11-27-12-14-28(15-13-27)16-17-29-23-8-5-7-22(25)19-23/h3-5,7-9,18-19,21,30H,6,10-17H2,1-2H3/b9-3+,18-4-. The number of hydrogen-bond acceptors (Lipinski definition) is 5. The maximum absolute atomic E-state index is 9.82. The molecule has 1 aliphatic heterocycles. The van der Waals surface area contributed by atoms with E-state index in [4.69, 9.17) is 4.74 Å². The maximum atomic E-state index is 9.82. The van der Waals surface area contributed by atoms with Gasteiger partial charge in [-0.15, -0.1) is 0 Å². The molecule has 1 heterocycles. The quantitative estimate of drug-likeness (QED) is 0.332. The molecular weight excluding hydrogens is 458 g/mol. The zero-order valence-corrected chi connectivity index (χ0v) is 20.6. The van der Waals surface area contributed by atoms with E-state index in [0.717, 1.165) is 62.3 Å². The fourth-order valence-electron chi connectivity index (χ4n) is 3.74. The molecule has 0 spiro atoms. The number of ether oxygens (including phenoxy) is 1. The molecule has 6 heteroatoms. The fourth-order valence-corrected chi connectivity index (χ4v) is 4.22. The highest BCUT2D eigenvalue weighted by Crippen LogP contribution is 2.34. The van der Waals surface area contributed by atoms with Crippen LogP contribution in [0.15, 0.2) is 52.4 Å². The Labute approximate surface area is 196 Å². The molecule has 0 radical (unpaired) electrons. The Morgan fingerprint density at radius 2 is 1.90 bits per heavy atom. The predicted octanol–water partition coefficient (Wildman–Crippen LogP) is 5.39. The summed E-state index contributed by atoms with van der Waals surface area (Å²) in [5.74, 6) is 1.20. The topological polar surface area (TPSA) is 39.5 Å². The van der Waals surface area contributed by atoms with E-state index < -0.39 is 5.41 Å². The molecule has 0 aliphatic carbocycles. The molecule has 1 fully saturated rings. The van der Waals surface area contributed by atoms with E-state index in [2.05, 4.69) is 58.3 Å². The first-order valence-electron chi connectivity index (χ1n) is 10.7. The highest BCUT2D eigenvalue weighted by molar-refractivity contribution is 9.10. The average molecular weight is 493 g/mol. The second kappa shape index (κ2) is 13.2. The highest BCUT2D eigenvalue weighted by Gasteiger charge is 2.30. The first kappa shape index (κ1) is 25.0. The largest absolute Gasteiger partial charge is 0.492 e. The number of benzene rings is 1. The van der Waals surface area contributed by atoms with Crippen molar-refractivity contribution in [3.05, 3.63) is 52.4 Å². The van der Waals surface area contributed by atoms with Crippen LogP contribution in [-0.4, -0.2) is 55.7 Å². The van der Waals surface area contributed by atoms with Crippen LogP contribution >= 0.6 is 28.6 Å². The van der Waals surface area contributed by atoms with Crippen LogP contribution in [0.1, 0.15) is 26.7 Å². The molecule has 1 aliphatic rings. The van der Waals surface area contributed by atoms with E-state index in [1.165, 1.54) is 0 Å². The summed E-state index contributed by atoms with van der Waals surface area (Å²) in [6.07, 6.45) is 7.79. The number of thiol groups is 1. The van der Waals surface area contributed by atoms with Gasteiger partial charge < -0.3 is 9.64 Å². The Morgan fingerprint density at radius 1 is 1.20 bits per heavy atom.